The van der Waals surface area contributed by atoms with Crippen LogP contribution in [0, 0.1) is 6.92 Å². The van der Waals surface area contributed by atoms with E-state index in [0.29, 0.717) is 30.2 Å². The SMILES string of the molecule is Cc1c(CN)cccc1S(=O)(=O)NC1(C)CCCOC1. The molecule has 0 aliphatic carbocycles. The van der Waals surface area contributed by atoms with E-state index >= 15 is 0 Å². The molecule has 3 N–H and O–H groups in total. The maximum Gasteiger partial charge on any atom is 0.241 e. The lowest BCUT2D eigenvalue weighted by molar-refractivity contribution is 0.0386. The fraction of sp³-hybridized carbons (Fsp3) is 0.571. The smallest absolute Gasteiger partial charge is 0.241 e. The Morgan fingerprint density at radius 2 is 2.20 bits per heavy atom. The summed E-state index contributed by atoms with van der Waals surface area (Å²) < 4.78 is 33.4. The lowest BCUT2D eigenvalue weighted by atomic mass is 9.97. The second kappa shape index (κ2) is 5.81. The van der Waals surface area contributed by atoms with Gasteiger partial charge in [-0.25, -0.2) is 13.1 Å². The predicted octanol–water partition coefficient (Wildman–Crippen LogP) is 1.30. The largest absolute Gasteiger partial charge is 0.380 e. The molecule has 1 unspecified atom stereocenters. The maximum absolute atomic E-state index is 12.6. The van der Waals surface area contributed by atoms with Gasteiger partial charge in [0.1, 0.15) is 0 Å². The molecule has 0 spiro atoms. The first-order valence-electron chi connectivity index (χ1n) is 6.78. The van der Waals surface area contributed by atoms with E-state index in [1.54, 1.807) is 19.1 Å². The van der Waals surface area contributed by atoms with Crippen molar-refractivity contribution >= 4 is 10.0 Å². The van der Waals surface area contributed by atoms with Gasteiger partial charge in [-0.1, -0.05) is 12.1 Å². The Morgan fingerprint density at radius 1 is 1.45 bits per heavy atom. The van der Waals surface area contributed by atoms with Crippen molar-refractivity contribution in [1.29, 1.82) is 0 Å². The standard InChI is InChI=1S/C14H22N2O3S/c1-11-12(9-15)5-3-6-13(11)20(17,18)16-14(2)7-4-8-19-10-14/h3,5-6,16H,4,7-10,15H2,1-2H3. The molecule has 0 aromatic heterocycles. The Bertz CT molecular complexity index is 578. The number of rotatable bonds is 4. The summed E-state index contributed by atoms with van der Waals surface area (Å²) in [6, 6.07) is 5.19. The molecule has 112 valence electrons. The van der Waals surface area contributed by atoms with Crippen LogP contribution in [0.25, 0.3) is 0 Å². The van der Waals surface area contributed by atoms with E-state index in [2.05, 4.69) is 4.72 Å². The summed E-state index contributed by atoms with van der Waals surface area (Å²) in [5.41, 5.74) is 6.65. The van der Waals surface area contributed by atoms with Crippen molar-refractivity contribution in [1.82, 2.24) is 4.72 Å². The number of ether oxygens (including phenoxy) is 1. The van der Waals surface area contributed by atoms with Crippen LogP contribution >= 0.6 is 0 Å². The molecule has 2 rings (SSSR count). The molecule has 6 heteroatoms. The Hall–Kier alpha value is -0.950. The topological polar surface area (TPSA) is 81.4 Å². The summed E-state index contributed by atoms with van der Waals surface area (Å²) in [7, 11) is -3.57. The van der Waals surface area contributed by atoms with E-state index in [9.17, 15) is 8.42 Å². The van der Waals surface area contributed by atoms with Crippen molar-refractivity contribution in [3.63, 3.8) is 0 Å². The second-order valence-electron chi connectivity index (χ2n) is 5.57. The Labute approximate surface area is 120 Å². The summed E-state index contributed by atoms with van der Waals surface area (Å²) in [5, 5.41) is 0. The molecule has 1 fully saturated rings. The zero-order valence-corrected chi connectivity index (χ0v) is 12.8. The zero-order chi connectivity index (χ0) is 14.8. The highest BCUT2D eigenvalue weighted by atomic mass is 32.2. The normalized spacial score (nSPS) is 23.8. The Morgan fingerprint density at radius 3 is 2.80 bits per heavy atom. The molecule has 1 aliphatic rings. The molecule has 1 heterocycles. The average Bonchev–Trinajstić information content (AvgIpc) is 2.38. The van der Waals surface area contributed by atoms with E-state index in [-0.39, 0.29) is 0 Å². The van der Waals surface area contributed by atoms with Crippen LogP contribution in [0.3, 0.4) is 0 Å². The number of nitrogens with one attached hydrogen (secondary N) is 1. The first kappa shape index (κ1) is 15.4. The van der Waals surface area contributed by atoms with Crippen LogP contribution in [0.5, 0.6) is 0 Å². The Kier molecular flexibility index (Phi) is 4.49. The molecular weight excluding hydrogens is 276 g/mol. The molecule has 1 aliphatic heterocycles. The minimum Gasteiger partial charge on any atom is -0.380 e. The van der Waals surface area contributed by atoms with Crippen molar-refractivity contribution in [3.8, 4) is 0 Å². The van der Waals surface area contributed by atoms with Gasteiger partial charge in [0.2, 0.25) is 10.0 Å². The van der Waals surface area contributed by atoms with E-state index in [1.165, 1.54) is 0 Å². The lowest BCUT2D eigenvalue weighted by Gasteiger charge is -2.34. The minimum atomic E-state index is -3.57. The summed E-state index contributed by atoms with van der Waals surface area (Å²) in [6.45, 7) is 5.10. The maximum atomic E-state index is 12.6. The van der Waals surface area contributed by atoms with Gasteiger partial charge in [-0.05, 0) is 43.9 Å². The van der Waals surface area contributed by atoms with Gasteiger partial charge < -0.3 is 10.5 Å². The first-order chi connectivity index (χ1) is 9.38. The molecule has 1 aromatic rings. The van der Waals surface area contributed by atoms with Gasteiger partial charge in [-0.2, -0.15) is 0 Å². The molecule has 0 saturated carbocycles. The van der Waals surface area contributed by atoms with Crippen LogP contribution in [-0.2, 0) is 21.3 Å². The van der Waals surface area contributed by atoms with Crippen LogP contribution in [0.2, 0.25) is 0 Å². The monoisotopic (exact) mass is 298 g/mol. The summed E-state index contributed by atoms with van der Waals surface area (Å²) in [5.74, 6) is 0. The fourth-order valence-corrected chi connectivity index (χ4v) is 4.28. The summed E-state index contributed by atoms with van der Waals surface area (Å²) in [6.07, 6.45) is 1.64. The fourth-order valence-electron chi connectivity index (χ4n) is 2.57. The number of hydrogen-bond acceptors (Lipinski definition) is 4. The minimum absolute atomic E-state index is 0.298. The first-order valence-corrected chi connectivity index (χ1v) is 8.27. The number of benzene rings is 1. The van der Waals surface area contributed by atoms with Gasteiger partial charge in [0, 0.05) is 13.2 Å². The molecule has 1 saturated heterocycles. The zero-order valence-electron chi connectivity index (χ0n) is 12.0. The Balaban J connectivity index is 2.31. The van der Waals surface area contributed by atoms with E-state index in [4.69, 9.17) is 10.5 Å². The van der Waals surface area contributed by atoms with Crippen LogP contribution < -0.4 is 10.5 Å². The van der Waals surface area contributed by atoms with Crippen LogP contribution in [0.1, 0.15) is 30.9 Å². The number of hydrogen-bond donors (Lipinski definition) is 2. The number of nitrogens with two attached hydrogens (primary N) is 1. The van der Waals surface area contributed by atoms with Gasteiger partial charge in [0.25, 0.3) is 0 Å². The third-order valence-electron chi connectivity index (χ3n) is 3.72. The van der Waals surface area contributed by atoms with Crippen molar-refractivity contribution in [2.75, 3.05) is 13.2 Å². The average molecular weight is 298 g/mol. The molecule has 20 heavy (non-hydrogen) atoms. The van der Waals surface area contributed by atoms with E-state index in [0.717, 1.165) is 18.4 Å². The van der Waals surface area contributed by atoms with Crippen LogP contribution in [-0.4, -0.2) is 27.2 Å². The summed E-state index contributed by atoms with van der Waals surface area (Å²) in [4.78, 5) is 0.298. The molecular formula is C14H22N2O3S. The predicted molar refractivity (Wildman–Crippen MR) is 77.8 cm³/mol. The molecule has 0 bridgehead atoms. The van der Waals surface area contributed by atoms with Gasteiger partial charge in [-0.15, -0.1) is 0 Å². The van der Waals surface area contributed by atoms with Crippen molar-refractivity contribution in [3.05, 3.63) is 29.3 Å². The summed E-state index contributed by atoms with van der Waals surface area (Å²) >= 11 is 0. The van der Waals surface area contributed by atoms with Crippen molar-refractivity contribution in [2.24, 2.45) is 5.73 Å². The van der Waals surface area contributed by atoms with Gasteiger partial charge in [-0.3, -0.25) is 0 Å². The third kappa shape index (κ3) is 3.20. The van der Waals surface area contributed by atoms with Crippen LogP contribution in [0.15, 0.2) is 23.1 Å². The van der Waals surface area contributed by atoms with Gasteiger partial charge in [0.05, 0.1) is 17.0 Å². The van der Waals surface area contributed by atoms with E-state index in [1.807, 2.05) is 13.0 Å². The second-order valence-corrected chi connectivity index (χ2v) is 7.22. The van der Waals surface area contributed by atoms with Crippen molar-refractivity contribution in [2.45, 2.75) is 43.7 Å². The molecule has 0 amide bonds. The molecule has 0 radical (unpaired) electrons. The highest BCUT2D eigenvalue weighted by Crippen LogP contribution is 2.24. The molecule has 1 atom stereocenters. The quantitative estimate of drug-likeness (QED) is 0.878. The molecule has 5 nitrogen and oxygen atoms in total. The highest BCUT2D eigenvalue weighted by molar-refractivity contribution is 7.89. The highest BCUT2D eigenvalue weighted by Gasteiger charge is 2.33. The third-order valence-corrected chi connectivity index (χ3v) is 5.51. The van der Waals surface area contributed by atoms with Gasteiger partial charge >= 0.3 is 0 Å². The number of sulfonamides is 1. The van der Waals surface area contributed by atoms with Crippen LogP contribution in [0.4, 0.5) is 0 Å². The van der Waals surface area contributed by atoms with Gasteiger partial charge in [0.15, 0.2) is 0 Å². The molecule has 1 aromatic carbocycles. The lowest BCUT2D eigenvalue weighted by Crippen LogP contribution is -2.51. The van der Waals surface area contributed by atoms with Crippen molar-refractivity contribution < 1.29 is 13.2 Å². The van der Waals surface area contributed by atoms with E-state index < -0.39 is 15.6 Å².